The van der Waals surface area contributed by atoms with Gasteiger partial charge in [-0.05, 0) is 23.3 Å². The summed E-state index contributed by atoms with van der Waals surface area (Å²) in [6, 6.07) is 11.4. The average Bonchev–Trinajstić information content (AvgIpc) is 2.78. The van der Waals surface area contributed by atoms with Gasteiger partial charge in [0.2, 0.25) is 0 Å². The van der Waals surface area contributed by atoms with Gasteiger partial charge < -0.3 is 5.11 Å². The molecule has 0 saturated heterocycles. The van der Waals surface area contributed by atoms with Gasteiger partial charge in [0.05, 0.1) is 4.92 Å². The van der Waals surface area contributed by atoms with Crippen LogP contribution in [0.4, 0.5) is 5.69 Å². The van der Waals surface area contributed by atoms with Crippen molar-refractivity contribution >= 4 is 17.5 Å². The second kappa shape index (κ2) is 4.86. The van der Waals surface area contributed by atoms with Crippen LogP contribution in [-0.2, 0) is 6.42 Å². The van der Waals surface area contributed by atoms with Crippen molar-refractivity contribution in [3.05, 3.63) is 74.8 Å². The van der Waals surface area contributed by atoms with E-state index in [1.165, 1.54) is 12.1 Å². The molecule has 0 bridgehead atoms. The quantitative estimate of drug-likeness (QED) is 0.521. The third kappa shape index (κ3) is 2.29. The molecule has 0 unspecified atom stereocenters. The summed E-state index contributed by atoms with van der Waals surface area (Å²) in [6.45, 7) is 0. The highest BCUT2D eigenvalue weighted by atomic mass is 16.6. The first-order valence-corrected chi connectivity index (χ1v) is 6.37. The number of carbonyl (C=O) groups excluding carboxylic acids is 1. The first-order chi connectivity index (χ1) is 10.1. The average molecular weight is 281 g/mol. The fraction of sp³-hybridized carbons (Fsp3) is 0.0625. The van der Waals surface area contributed by atoms with Gasteiger partial charge in [0.15, 0.2) is 11.5 Å². The van der Waals surface area contributed by atoms with E-state index < -0.39 is 4.92 Å². The number of nitrogens with zero attached hydrogens (tertiary/aromatic N) is 1. The lowest BCUT2D eigenvalue weighted by atomic mass is 10.1. The lowest BCUT2D eigenvalue weighted by molar-refractivity contribution is -0.385. The molecule has 0 aromatic heterocycles. The van der Waals surface area contributed by atoms with Crippen LogP contribution in [0.5, 0.6) is 5.75 Å². The van der Waals surface area contributed by atoms with Crippen molar-refractivity contribution in [2.24, 2.45) is 0 Å². The number of rotatable bonds is 2. The molecule has 0 amide bonds. The van der Waals surface area contributed by atoms with Gasteiger partial charge in [-0.3, -0.25) is 14.9 Å². The van der Waals surface area contributed by atoms with Crippen LogP contribution in [0, 0.1) is 10.1 Å². The third-order valence-corrected chi connectivity index (χ3v) is 3.47. The van der Waals surface area contributed by atoms with Crippen molar-refractivity contribution in [1.82, 2.24) is 0 Å². The molecule has 1 aliphatic carbocycles. The van der Waals surface area contributed by atoms with E-state index in [-0.39, 0.29) is 17.2 Å². The fourth-order valence-electron chi connectivity index (χ4n) is 2.45. The molecule has 1 aliphatic rings. The highest BCUT2D eigenvalue weighted by molar-refractivity contribution is 6.15. The number of allylic oxidation sites excluding steroid dienone is 1. The number of fused-ring (bicyclic) bond motifs is 1. The van der Waals surface area contributed by atoms with Crippen molar-refractivity contribution in [3.8, 4) is 5.75 Å². The number of phenolic OH excluding ortho intramolecular Hbond substituents is 1. The number of Topliss-reactive ketones (excluding diaryl/α,β-unsaturated/α-hetero) is 1. The Morgan fingerprint density at radius 3 is 2.67 bits per heavy atom. The zero-order valence-electron chi connectivity index (χ0n) is 10.9. The minimum absolute atomic E-state index is 0.0543. The normalized spacial score (nSPS) is 15.2. The Hall–Kier alpha value is -2.95. The van der Waals surface area contributed by atoms with Crippen molar-refractivity contribution in [2.75, 3.05) is 0 Å². The number of aromatic hydroxyl groups is 1. The van der Waals surface area contributed by atoms with E-state index in [2.05, 4.69) is 0 Å². The van der Waals surface area contributed by atoms with E-state index in [1.807, 2.05) is 18.2 Å². The standard InChI is InChI=1S/C16H11NO4/c18-15-6-5-10(8-14(15)17(20)21)7-12-9-11-3-1-2-4-13(11)16(12)19/h1-8,18H,9H2/b12-7+. The molecule has 0 atom stereocenters. The maximum atomic E-state index is 12.2. The lowest BCUT2D eigenvalue weighted by Crippen LogP contribution is -1.95. The molecule has 0 heterocycles. The molecule has 0 saturated carbocycles. The maximum absolute atomic E-state index is 12.2. The van der Waals surface area contributed by atoms with Gasteiger partial charge in [-0.2, -0.15) is 0 Å². The van der Waals surface area contributed by atoms with E-state index in [0.717, 1.165) is 5.56 Å². The van der Waals surface area contributed by atoms with E-state index in [4.69, 9.17) is 0 Å². The Morgan fingerprint density at radius 1 is 1.19 bits per heavy atom. The Bertz CT molecular complexity index is 793. The van der Waals surface area contributed by atoms with E-state index in [0.29, 0.717) is 23.1 Å². The van der Waals surface area contributed by atoms with E-state index in [9.17, 15) is 20.0 Å². The number of phenols is 1. The number of ketones is 1. The Kier molecular flexibility index (Phi) is 3.02. The van der Waals surface area contributed by atoms with Crippen LogP contribution in [0.15, 0.2) is 48.0 Å². The van der Waals surface area contributed by atoms with Crippen LogP contribution in [0.3, 0.4) is 0 Å². The smallest absolute Gasteiger partial charge is 0.311 e. The minimum Gasteiger partial charge on any atom is -0.502 e. The van der Waals surface area contributed by atoms with Crippen LogP contribution in [0.2, 0.25) is 0 Å². The SMILES string of the molecule is O=C1/C(=C/c2ccc(O)c([N+](=O)[O-])c2)Cc2ccccc21. The van der Waals surface area contributed by atoms with Crippen LogP contribution in [-0.4, -0.2) is 15.8 Å². The number of benzene rings is 2. The number of nitro groups is 1. The summed E-state index contributed by atoms with van der Waals surface area (Å²) in [5, 5.41) is 20.2. The second-order valence-corrected chi connectivity index (χ2v) is 4.84. The number of carbonyl (C=O) groups is 1. The number of nitro benzene ring substituents is 1. The summed E-state index contributed by atoms with van der Waals surface area (Å²) < 4.78 is 0. The van der Waals surface area contributed by atoms with Crippen molar-refractivity contribution in [1.29, 1.82) is 0 Å². The summed E-state index contributed by atoms with van der Waals surface area (Å²) in [4.78, 5) is 22.4. The molecular weight excluding hydrogens is 270 g/mol. The molecule has 0 fully saturated rings. The maximum Gasteiger partial charge on any atom is 0.311 e. The van der Waals surface area contributed by atoms with Gasteiger partial charge in [0.1, 0.15) is 0 Å². The van der Waals surface area contributed by atoms with Crippen molar-refractivity contribution in [2.45, 2.75) is 6.42 Å². The van der Waals surface area contributed by atoms with Crippen LogP contribution < -0.4 is 0 Å². The monoisotopic (exact) mass is 281 g/mol. The molecule has 2 aromatic rings. The lowest BCUT2D eigenvalue weighted by Gasteiger charge is -1.99. The summed E-state index contributed by atoms with van der Waals surface area (Å²) in [5.41, 5.74) is 2.39. The Balaban J connectivity index is 2.00. The molecule has 0 spiro atoms. The second-order valence-electron chi connectivity index (χ2n) is 4.84. The number of hydrogen-bond acceptors (Lipinski definition) is 4. The topological polar surface area (TPSA) is 80.4 Å². The molecule has 21 heavy (non-hydrogen) atoms. The predicted molar refractivity (Wildman–Crippen MR) is 77.2 cm³/mol. The van der Waals surface area contributed by atoms with Crippen molar-refractivity contribution in [3.63, 3.8) is 0 Å². The molecule has 1 N–H and O–H groups in total. The van der Waals surface area contributed by atoms with Gasteiger partial charge in [-0.1, -0.05) is 30.3 Å². The summed E-state index contributed by atoms with van der Waals surface area (Å²) >= 11 is 0. The third-order valence-electron chi connectivity index (χ3n) is 3.47. The first-order valence-electron chi connectivity index (χ1n) is 6.37. The highest BCUT2D eigenvalue weighted by Crippen LogP contribution is 2.30. The minimum atomic E-state index is -0.650. The van der Waals surface area contributed by atoms with E-state index >= 15 is 0 Å². The van der Waals surface area contributed by atoms with Crippen LogP contribution in [0.1, 0.15) is 21.5 Å². The highest BCUT2D eigenvalue weighted by Gasteiger charge is 2.24. The van der Waals surface area contributed by atoms with E-state index in [1.54, 1.807) is 18.2 Å². The summed E-state index contributed by atoms with van der Waals surface area (Å²) in [7, 11) is 0. The molecule has 2 aromatic carbocycles. The van der Waals surface area contributed by atoms with Gasteiger partial charge in [0, 0.05) is 23.6 Å². The fourth-order valence-corrected chi connectivity index (χ4v) is 2.45. The van der Waals surface area contributed by atoms with Gasteiger partial charge in [0.25, 0.3) is 0 Å². The number of hydrogen-bond donors (Lipinski definition) is 1. The Labute approximate surface area is 120 Å². The van der Waals surface area contributed by atoms with Gasteiger partial charge in [-0.15, -0.1) is 0 Å². The zero-order valence-corrected chi connectivity index (χ0v) is 10.9. The van der Waals surface area contributed by atoms with Gasteiger partial charge >= 0.3 is 5.69 Å². The molecule has 104 valence electrons. The van der Waals surface area contributed by atoms with Crippen LogP contribution >= 0.6 is 0 Å². The molecular formula is C16H11NO4. The zero-order chi connectivity index (χ0) is 15.0. The molecule has 5 heteroatoms. The Morgan fingerprint density at radius 2 is 1.95 bits per heavy atom. The van der Waals surface area contributed by atoms with Gasteiger partial charge in [-0.25, -0.2) is 0 Å². The van der Waals surface area contributed by atoms with Crippen molar-refractivity contribution < 1.29 is 14.8 Å². The molecule has 5 nitrogen and oxygen atoms in total. The molecule has 0 aliphatic heterocycles. The molecule has 3 rings (SSSR count). The first kappa shape index (κ1) is 13.1. The van der Waals surface area contributed by atoms with Crippen LogP contribution in [0.25, 0.3) is 6.08 Å². The summed E-state index contributed by atoms with van der Waals surface area (Å²) in [5.74, 6) is -0.440. The predicted octanol–water partition coefficient (Wildman–Crippen LogP) is 3.12. The molecule has 0 radical (unpaired) electrons. The summed E-state index contributed by atoms with van der Waals surface area (Å²) in [6.07, 6.45) is 2.15. The largest absolute Gasteiger partial charge is 0.502 e.